The smallest absolute Gasteiger partial charge is 0.434 e. The van der Waals surface area contributed by atoms with E-state index in [-0.39, 0.29) is 33.9 Å². The summed E-state index contributed by atoms with van der Waals surface area (Å²) in [6.45, 7) is 4.62. The van der Waals surface area contributed by atoms with E-state index >= 15 is 0 Å². The van der Waals surface area contributed by atoms with Crippen LogP contribution in [-0.2, 0) is 15.4 Å². The Hall–Kier alpha value is -2.76. The topological polar surface area (TPSA) is 127 Å². The van der Waals surface area contributed by atoms with E-state index in [2.05, 4.69) is 19.9 Å². The van der Waals surface area contributed by atoms with E-state index in [4.69, 9.17) is 20.8 Å². The van der Waals surface area contributed by atoms with Gasteiger partial charge in [-0.3, -0.25) is 0 Å². The number of hydrogen-bond donors (Lipinski definition) is 2. The molecule has 2 N–H and O–H groups in total. The normalized spacial score (nSPS) is 13.7. The fraction of sp³-hybridized carbons (Fsp3) is 0.316. The molecule has 0 amide bonds. The zero-order valence-corrected chi connectivity index (χ0v) is 18.7. The third-order valence-electron chi connectivity index (χ3n) is 5.04. The number of aryl methyl sites for hydroxylation is 1. The van der Waals surface area contributed by atoms with Gasteiger partial charge in [0.1, 0.15) is 15.9 Å². The molecule has 0 aliphatic rings. The molecular formula is C19H20ClFN4O5S. The molecule has 0 saturated carbocycles. The van der Waals surface area contributed by atoms with Gasteiger partial charge in [0, 0.05) is 12.1 Å². The van der Waals surface area contributed by atoms with Gasteiger partial charge in [-0.05, 0) is 50.1 Å². The van der Waals surface area contributed by atoms with Crippen molar-refractivity contribution in [2.24, 2.45) is 0 Å². The van der Waals surface area contributed by atoms with Gasteiger partial charge in [-0.2, -0.15) is 0 Å². The van der Waals surface area contributed by atoms with E-state index in [1.54, 1.807) is 19.9 Å². The van der Waals surface area contributed by atoms with Crippen molar-refractivity contribution >= 4 is 21.6 Å². The Balaban J connectivity index is 2.10. The molecule has 166 valence electrons. The number of aromatic amines is 1. The first-order chi connectivity index (χ1) is 14.5. The summed E-state index contributed by atoms with van der Waals surface area (Å²) >= 11 is 5.81. The zero-order valence-electron chi connectivity index (χ0n) is 17.1. The van der Waals surface area contributed by atoms with Crippen molar-refractivity contribution in [2.45, 2.75) is 31.1 Å². The van der Waals surface area contributed by atoms with E-state index in [0.717, 1.165) is 5.56 Å². The highest BCUT2D eigenvalue weighted by Crippen LogP contribution is 2.35. The molecule has 2 aromatic heterocycles. The van der Waals surface area contributed by atoms with Crippen molar-refractivity contribution in [3.05, 3.63) is 68.4 Å². The van der Waals surface area contributed by atoms with Crippen LogP contribution in [0.5, 0.6) is 5.88 Å². The van der Waals surface area contributed by atoms with Gasteiger partial charge in [0.15, 0.2) is 0 Å². The molecule has 12 heteroatoms. The van der Waals surface area contributed by atoms with Crippen LogP contribution in [0.1, 0.15) is 29.5 Å². The number of nitrogens with one attached hydrogen (secondary N) is 2. The highest BCUT2D eigenvalue weighted by molar-refractivity contribution is 7.89. The van der Waals surface area contributed by atoms with Crippen LogP contribution in [0, 0.1) is 19.7 Å². The minimum atomic E-state index is -4.17. The zero-order chi connectivity index (χ0) is 23.0. The summed E-state index contributed by atoms with van der Waals surface area (Å²) in [5.74, 6) is -1.82. The van der Waals surface area contributed by atoms with Gasteiger partial charge in [0.25, 0.3) is 0 Å². The maximum absolute atomic E-state index is 14.9. The minimum absolute atomic E-state index is 0.0522. The lowest BCUT2D eigenvalue weighted by molar-refractivity contribution is 0.362. The van der Waals surface area contributed by atoms with Crippen molar-refractivity contribution in [1.82, 2.24) is 19.9 Å². The second kappa shape index (κ2) is 8.40. The summed E-state index contributed by atoms with van der Waals surface area (Å²) in [5, 5.41) is 6.02. The molecule has 0 saturated heterocycles. The van der Waals surface area contributed by atoms with Crippen molar-refractivity contribution in [2.75, 3.05) is 13.7 Å². The number of halogens is 2. The number of nitrogens with zero attached hydrogens (tertiary/aromatic N) is 2. The molecule has 3 aromatic rings. The van der Waals surface area contributed by atoms with Gasteiger partial charge in [-0.25, -0.2) is 32.4 Å². The van der Waals surface area contributed by atoms with E-state index < -0.39 is 27.0 Å². The van der Waals surface area contributed by atoms with Crippen LogP contribution in [-0.4, -0.2) is 37.3 Å². The first-order valence-electron chi connectivity index (χ1n) is 9.02. The molecule has 0 bridgehead atoms. The first kappa shape index (κ1) is 22.9. The van der Waals surface area contributed by atoms with Crippen molar-refractivity contribution in [3.8, 4) is 5.88 Å². The number of hydrogen-bond acceptors (Lipinski definition) is 7. The van der Waals surface area contributed by atoms with Gasteiger partial charge >= 0.3 is 5.76 Å². The average molecular weight is 471 g/mol. The Morgan fingerprint density at radius 2 is 2.00 bits per heavy atom. The third-order valence-corrected chi connectivity index (χ3v) is 6.66. The lowest BCUT2D eigenvalue weighted by Gasteiger charge is -2.29. The molecule has 9 nitrogen and oxygen atoms in total. The SMILES string of the molecule is COc1nc(Cl)ccc1S(=O)(=O)NCC(C)(c1n[nH]c(=O)o1)c1c(F)ccc(C)c1C. The number of methoxy groups -OCH3 is 1. The molecule has 0 radical (unpaired) electrons. The van der Waals surface area contributed by atoms with Gasteiger partial charge in [0.2, 0.25) is 21.8 Å². The Kier molecular flexibility index (Phi) is 6.21. The summed E-state index contributed by atoms with van der Waals surface area (Å²) < 4.78 is 53.5. The molecule has 2 heterocycles. The van der Waals surface area contributed by atoms with Crippen LogP contribution in [0.25, 0.3) is 0 Å². The van der Waals surface area contributed by atoms with E-state index in [1.165, 1.54) is 32.2 Å². The standard InChI is InChI=1S/C19H20ClFN4O5S/c1-10-5-6-12(21)15(11(10)2)19(3,17-24-25-18(26)30-17)9-22-31(27,28)13-7-8-14(20)23-16(13)29-4/h5-8,22H,9H2,1-4H3,(H,25,26). The molecule has 1 aromatic carbocycles. The number of benzene rings is 1. The molecule has 1 unspecified atom stereocenters. The summed E-state index contributed by atoms with van der Waals surface area (Å²) in [6, 6.07) is 5.40. The number of H-pyrrole nitrogens is 1. The largest absolute Gasteiger partial charge is 0.480 e. The van der Waals surface area contributed by atoms with Crippen LogP contribution in [0.15, 0.2) is 38.4 Å². The van der Waals surface area contributed by atoms with Gasteiger partial charge in [0.05, 0.1) is 12.5 Å². The molecule has 0 aliphatic heterocycles. The number of ether oxygens (including phenoxy) is 1. The number of sulfonamides is 1. The Labute approximate surface area is 182 Å². The van der Waals surface area contributed by atoms with E-state index in [9.17, 15) is 17.6 Å². The highest BCUT2D eigenvalue weighted by atomic mass is 35.5. The number of rotatable bonds is 7. The predicted octanol–water partition coefficient (Wildman–Crippen LogP) is 2.46. The average Bonchev–Trinajstić information content (AvgIpc) is 3.16. The van der Waals surface area contributed by atoms with Crippen molar-refractivity contribution < 1.29 is 22.0 Å². The molecular weight excluding hydrogens is 451 g/mol. The van der Waals surface area contributed by atoms with Crippen LogP contribution in [0.4, 0.5) is 4.39 Å². The quantitative estimate of drug-likeness (QED) is 0.507. The van der Waals surface area contributed by atoms with Crippen LogP contribution in [0.3, 0.4) is 0 Å². The third kappa shape index (κ3) is 4.34. The van der Waals surface area contributed by atoms with Crippen molar-refractivity contribution in [3.63, 3.8) is 0 Å². The van der Waals surface area contributed by atoms with Crippen LogP contribution < -0.4 is 15.2 Å². The predicted molar refractivity (Wildman–Crippen MR) is 110 cm³/mol. The molecule has 1 atom stereocenters. The fourth-order valence-electron chi connectivity index (χ4n) is 3.27. The molecule has 3 rings (SSSR count). The van der Waals surface area contributed by atoms with Gasteiger partial charge in [-0.15, -0.1) is 5.10 Å². The van der Waals surface area contributed by atoms with Crippen molar-refractivity contribution in [1.29, 1.82) is 0 Å². The minimum Gasteiger partial charge on any atom is -0.480 e. The Morgan fingerprint density at radius 1 is 1.29 bits per heavy atom. The maximum atomic E-state index is 14.9. The second-order valence-electron chi connectivity index (χ2n) is 7.08. The molecule has 0 aliphatic carbocycles. The molecule has 0 spiro atoms. The van der Waals surface area contributed by atoms with Gasteiger partial charge in [-0.1, -0.05) is 17.7 Å². The maximum Gasteiger partial charge on any atom is 0.434 e. The van der Waals surface area contributed by atoms with Crippen LogP contribution >= 0.6 is 11.6 Å². The monoisotopic (exact) mass is 470 g/mol. The summed E-state index contributed by atoms with van der Waals surface area (Å²) in [5.41, 5.74) is 0.0242. The van der Waals surface area contributed by atoms with E-state index in [1.807, 2.05) is 0 Å². The number of pyridine rings is 1. The molecule has 0 fully saturated rings. The summed E-state index contributed by atoms with van der Waals surface area (Å²) in [7, 11) is -2.92. The second-order valence-corrected chi connectivity index (χ2v) is 9.20. The van der Waals surface area contributed by atoms with E-state index in [0.29, 0.717) is 5.56 Å². The Morgan fingerprint density at radius 3 is 2.61 bits per heavy atom. The lowest BCUT2D eigenvalue weighted by Crippen LogP contribution is -2.41. The fourth-order valence-corrected chi connectivity index (χ4v) is 4.65. The highest BCUT2D eigenvalue weighted by Gasteiger charge is 2.40. The molecule has 31 heavy (non-hydrogen) atoms. The Bertz CT molecular complexity index is 1290. The van der Waals surface area contributed by atoms with Crippen LogP contribution in [0.2, 0.25) is 5.15 Å². The summed E-state index contributed by atoms with van der Waals surface area (Å²) in [4.78, 5) is 15.2. The summed E-state index contributed by atoms with van der Waals surface area (Å²) in [6.07, 6.45) is 0. The van der Waals surface area contributed by atoms with Gasteiger partial charge < -0.3 is 9.15 Å². The lowest BCUT2D eigenvalue weighted by atomic mass is 9.78. The first-order valence-corrected chi connectivity index (χ1v) is 10.9. The number of aromatic nitrogens is 3.